The quantitative estimate of drug-likeness (QED) is 0.378. The second kappa shape index (κ2) is 7.93. The first-order valence-electron chi connectivity index (χ1n) is 13.3. The maximum Gasteiger partial charge on any atom is 0.241 e. The van der Waals surface area contributed by atoms with E-state index in [0.717, 1.165) is 38.5 Å². The summed E-state index contributed by atoms with van der Waals surface area (Å²) < 4.78 is 13.4. The fraction of sp³-hybridized carbons (Fsp3) is 0.821. The molecule has 0 heterocycles. The highest BCUT2D eigenvalue weighted by Crippen LogP contribution is 2.64. The minimum Gasteiger partial charge on any atom is -0.547 e. The van der Waals surface area contributed by atoms with Crippen LogP contribution >= 0.6 is 0 Å². The summed E-state index contributed by atoms with van der Waals surface area (Å²) in [6.07, 6.45) is 11.2. The molecule has 4 aliphatic rings. The number of allylic oxidation sites excluding steroid dienone is 3. The van der Waals surface area contributed by atoms with Crippen LogP contribution in [0, 0.1) is 28.6 Å². The van der Waals surface area contributed by atoms with Gasteiger partial charge in [-0.25, -0.2) is 0 Å². The van der Waals surface area contributed by atoms with Crippen molar-refractivity contribution in [1.82, 2.24) is 0 Å². The van der Waals surface area contributed by atoms with Crippen LogP contribution in [0.15, 0.2) is 23.5 Å². The zero-order valence-corrected chi connectivity index (χ0v) is 24.9. The van der Waals surface area contributed by atoms with Gasteiger partial charge in [0.05, 0.1) is 5.76 Å². The van der Waals surface area contributed by atoms with Gasteiger partial charge in [0.1, 0.15) is 0 Å². The summed E-state index contributed by atoms with van der Waals surface area (Å²) >= 11 is 0. The van der Waals surface area contributed by atoms with Crippen molar-refractivity contribution in [2.24, 2.45) is 28.6 Å². The highest BCUT2D eigenvalue weighted by Gasteiger charge is 2.60. The molecule has 2 fully saturated rings. The molecule has 0 N–H and O–H groups in total. The van der Waals surface area contributed by atoms with E-state index in [2.05, 4.69) is 79.5 Å². The SMILES string of the molecule is CC(C)(C)[Si](C)(C)OC1CC[C@@]2(C)C(=CC(=O)[C@@H]3[C@H]2CC[C@]2(C)C(O[Si](C)(C)C)=CC[C@@H]32)C1. The molecule has 1 unspecified atom stereocenters. The van der Waals surface area contributed by atoms with Crippen molar-refractivity contribution in [2.45, 2.75) is 117 Å². The van der Waals surface area contributed by atoms with Crippen molar-refractivity contribution in [3.8, 4) is 0 Å². The van der Waals surface area contributed by atoms with Crippen molar-refractivity contribution in [2.75, 3.05) is 0 Å². The smallest absolute Gasteiger partial charge is 0.241 e. The van der Waals surface area contributed by atoms with Gasteiger partial charge in [0.25, 0.3) is 0 Å². The molecule has 6 atom stereocenters. The van der Waals surface area contributed by atoms with E-state index >= 15 is 0 Å². The van der Waals surface area contributed by atoms with Crippen LogP contribution in [0.2, 0.25) is 37.8 Å². The average Bonchev–Trinajstić information content (AvgIpc) is 2.97. The van der Waals surface area contributed by atoms with Crippen LogP contribution in [0.5, 0.6) is 0 Å². The maximum absolute atomic E-state index is 13.7. The highest BCUT2D eigenvalue weighted by atomic mass is 28.4. The van der Waals surface area contributed by atoms with E-state index in [4.69, 9.17) is 8.85 Å². The first-order chi connectivity index (χ1) is 15.0. The van der Waals surface area contributed by atoms with Gasteiger partial charge in [0.15, 0.2) is 14.1 Å². The zero-order valence-electron chi connectivity index (χ0n) is 22.9. The lowest BCUT2D eigenvalue weighted by Gasteiger charge is -2.57. The largest absolute Gasteiger partial charge is 0.547 e. The van der Waals surface area contributed by atoms with Crippen molar-refractivity contribution in [3.05, 3.63) is 23.5 Å². The summed E-state index contributed by atoms with van der Waals surface area (Å²) in [5.41, 5.74) is 1.56. The summed E-state index contributed by atoms with van der Waals surface area (Å²) in [7, 11) is -3.48. The van der Waals surface area contributed by atoms with Crippen LogP contribution in [0.25, 0.3) is 0 Å². The molecule has 0 radical (unpaired) electrons. The third kappa shape index (κ3) is 4.29. The van der Waals surface area contributed by atoms with Gasteiger partial charge in [-0.05, 0) is 106 Å². The van der Waals surface area contributed by atoms with E-state index in [0.29, 0.717) is 17.6 Å². The lowest BCUT2D eigenvalue weighted by molar-refractivity contribution is -0.132. The molecule has 0 spiro atoms. The van der Waals surface area contributed by atoms with E-state index in [1.54, 1.807) is 0 Å². The van der Waals surface area contributed by atoms with Crippen molar-refractivity contribution in [1.29, 1.82) is 0 Å². The zero-order chi connectivity index (χ0) is 24.6. The van der Waals surface area contributed by atoms with Crippen LogP contribution in [-0.2, 0) is 13.6 Å². The normalized spacial score (nSPS) is 39.3. The standard InChI is InChI=1S/C28H48O3Si2/c1-26(2,3)33(9,10)30-20-13-15-27(4)19(17-20)18-23(29)25-21-11-12-24(31-32(6,7)8)28(21,5)16-14-22(25)27/h12,18,20-22,25H,11,13-17H2,1-10H3/t20?,21-,22+,25-,27-,28-/m0/s1. The number of carbonyl (C=O) groups is 1. The molecule has 0 amide bonds. The molecule has 2 saturated carbocycles. The lowest BCUT2D eigenvalue weighted by atomic mass is 9.47. The van der Waals surface area contributed by atoms with Gasteiger partial charge >= 0.3 is 0 Å². The number of carbonyl (C=O) groups excluding carboxylic acids is 1. The number of hydrogen-bond donors (Lipinski definition) is 0. The van der Waals surface area contributed by atoms with Gasteiger partial charge in [0, 0.05) is 17.4 Å². The molecule has 186 valence electrons. The van der Waals surface area contributed by atoms with Gasteiger partial charge in [-0.15, -0.1) is 0 Å². The first kappa shape index (κ1) is 25.4. The average molecular weight is 489 g/mol. The fourth-order valence-corrected chi connectivity index (χ4v) is 9.45. The number of fused-ring (bicyclic) bond motifs is 5. The Morgan fingerprint density at radius 3 is 2.21 bits per heavy atom. The van der Waals surface area contributed by atoms with Gasteiger partial charge in [-0.1, -0.05) is 40.2 Å². The Kier molecular flexibility index (Phi) is 6.11. The molecule has 0 saturated heterocycles. The molecule has 0 aromatic heterocycles. The molecule has 0 aromatic rings. The van der Waals surface area contributed by atoms with Gasteiger partial charge in [0.2, 0.25) is 8.32 Å². The van der Waals surface area contributed by atoms with Crippen molar-refractivity contribution in [3.63, 3.8) is 0 Å². The molecule has 0 aliphatic heterocycles. The van der Waals surface area contributed by atoms with E-state index in [9.17, 15) is 4.79 Å². The summed E-state index contributed by atoms with van der Waals surface area (Å²) in [5, 5.41) is 0.217. The molecular weight excluding hydrogens is 440 g/mol. The van der Waals surface area contributed by atoms with Gasteiger partial charge in [-0.2, -0.15) is 0 Å². The van der Waals surface area contributed by atoms with E-state index in [-0.39, 0.29) is 27.9 Å². The van der Waals surface area contributed by atoms with Crippen molar-refractivity contribution < 1.29 is 13.6 Å². The van der Waals surface area contributed by atoms with Crippen LogP contribution < -0.4 is 0 Å². The van der Waals surface area contributed by atoms with E-state index in [1.165, 1.54) is 11.3 Å². The molecule has 5 heteroatoms. The Morgan fingerprint density at radius 1 is 0.970 bits per heavy atom. The third-order valence-corrected chi connectivity index (χ3v) is 15.5. The van der Waals surface area contributed by atoms with Crippen LogP contribution in [-0.4, -0.2) is 28.5 Å². The second-order valence-electron chi connectivity index (χ2n) is 14.4. The Hall–Kier alpha value is -0.656. The fourth-order valence-electron chi connectivity index (χ4n) is 7.09. The predicted octanol–water partition coefficient (Wildman–Crippen LogP) is 7.86. The summed E-state index contributed by atoms with van der Waals surface area (Å²) in [6, 6.07) is 0. The van der Waals surface area contributed by atoms with Crippen LogP contribution in [0.1, 0.15) is 73.1 Å². The van der Waals surface area contributed by atoms with E-state index in [1.807, 2.05) is 0 Å². The minimum atomic E-state index is -1.81. The Balaban J connectivity index is 1.57. The third-order valence-electron chi connectivity index (χ3n) is 10.1. The summed E-state index contributed by atoms with van der Waals surface area (Å²) in [6.45, 7) is 23.3. The van der Waals surface area contributed by atoms with Gasteiger partial charge in [-0.3, -0.25) is 4.79 Å². The summed E-state index contributed by atoms with van der Waals surface area (Å²) in [5.74, 6) is 2.60. The van der Waals surface area contributed by atoms with E-state index < -0.39 is 16.6 Å². The topological polar surface area (TPSA) is 35.5 Å². The monoisotopic (exact) mass is 488 g/mol. The molecule has 0 aromatic carbocycles. The first-order valence-corrected chi connectivity index (χ1v) is 19.6. The number of rotatable bonds is 4. The Bertz CT molecular complexity index is 875. The molecular formula is C28H48O3Si2. The molecule has 33 heavy (non-hydrogen) atoms. The van der Waals surface area contributed by atoms with Gasteiger partial charge < -0.3 is 8.85 Å². The summed E-state index contributed by atoms with van der Waals surface area (Å²) in [4.78, 5) is 13.7. The molecule has 0 bridgehead atoms. The lowest BCUT2D eigenvalue weighted by Crippen LogP contribution is -2.54. The molecule has 3 nitrogen and oxygen atoms in total. The number of hydrogen-bond acceptors (Lipinski definition) is 3. The van der Waals surface area contributed by atoms with Crippen LogP contribution in [0.3, 0.4) is 0 Å². The minimum absolute atomic E-state index is 0.0292. The maximum atomic E-state index is 13.7. The number of ketones is 1. The second-order valence-corrected chi connectivity index (χ2v) is 23.6. The van der Waals surface area contributed by atoms with Crippen LogP contribution in [0.4, 0.5) is 0 Å². The Labute approximate surface area is 205 Å². The molecule has 4 rings (SSSR count). The predicted molar refractivity (Wildman–Crippen MR) is 142 cm³/mol. The van der Waals surface area contributed by atoms with Crippen molar-refractivity contribution >= 4 is 22.4 Å². The highest BCUT2D eigenvalue weighted by molar-refractivity contribution is 6.74. The Morgan fingerprint density at radius 2 is 1.61 bits per heavy atom. The molecule has 4 aliphatic carbocycles.